The fraction of sp³-hybridized carbons (Fsp3) is 0.948. The van der Waals surface area contributed by atoms with E-state index in [0.29, 0.717) is 31.6 Å². The first kappa shape index (κ1) is 94.1. The third-order valence-electron chi connectivity index (χ3n) is 17.8. The molecule has 0 heterocycles. The summed E-state index contributed by atoms with van der Waals surface area (Å²) >= 11 is 0. The summed E-state index contributed by atoms with van der Waals surface area (Å²) in [5.74, 6) is 0.881. The molecule has 0 fully saturated rings. The van der Waals surface area contributed by atoms with Crippen molar-refractivity contribution < 1.29 is 80.2 Å². The topological polar surface area (TPSA) is 237 Å². The Kier molecular flexibility index (Phi) is 65.0. The van der Waals surface area contributed by atoms with Crippen LogP contribution in [0.2, 0.25) is 0 Å². The van der Waals surface area contributed by atoms with Crippen molar-refractivity contribution in [2.45, 2.75) is 408 Å². The van der Waals surface area contributed by atoms with Crippen molar-refractivity contribution in [3.8, 4) is 0 Å². The minimum absolute atomic E-state index is 0.105. The third-order valence-corrected chi connectivity index (χ3v) is 19.7. The number of hydrogen-bond acceptors (Lipinski definition) is 15. The van der Waals surface area contributed by atoms with Crippen molar-refractivity contribution in [2.75, 3.05) is 39.6 Å². The zero-order valence-electron chi connectivity index (χ0n) is 63.0. The van der Waals surface area contributed by atoms with E-state index < -0.39 is 97.5 Å². The van der Waals surface area contributed by atoms with Gasteiger partial charge in [0.2, 0.25) is 0 Å². The molecule has 0 aliphatic heterocycles. The van der Waals surface area contributed by atoms with E-state index in [4.69, 9.17) is 37.0 Å². The maximum Gasteiger partial charge on any atom is 0.472 e. The van der Waals surface area contributed by atoms with Crippen LogP contribution in [0, 0.1) is 23.7 Å². The van der Waals surface area contributed by atoms with Gasteiger partial charge in [-0.05, 0) is 49.4 Å². The summed E-state index contributed by atoms with van der Waals surface area (Å²) in [6.07, 6.45) is 51.6. The molecular formula is C77H150O17P2. The molecule has 2 unspecified atom stereocenters. The second kappa shape index (κ2) is 66.3. The first-order valence-electron chi connectivity index (χ1n) is 39.7. The Morgan fingerprint density at radius 3 is 0.646 bits per heavy atom. The summed E-state index contributed by atoms with van der Waals surface area (Å²) in [4.78, 5) is 72.8. The number of esters is 4. The number of unbranched alkanes of at least 4 members (excludes halogenated alkanes) is 40. The minimum atomic E-state index is -4.96. The lowest BCUT2D eigenvalue weighted by atomic mass is 10.0. The molecular weight excluding hydrogens is 1260 g/mol. The van der Waals surface area contributed by atoms with Gasteiger partial charge in [-0.3, -0.25) is 37.3 Å². The fourth-order valence-electron chi connectivity index (χ4n) is 11.7. The Hall–Kier alpha value is -1.94. The average Bonchev–Trinajstić information content (AvgIpc) is 2.77. The van der Waals surface area contributed by atoms with Crippen LogP contribution in [0.25, 0.3) is 0 Å². The van der Waals surface area contributed by atoms with Crippen LogP contribution >= 0.6 is 15.6 Å². The van der Waals surface area contributed by atoms with E-state index in [2.05, 4.69) is 55.4 Å². The van der Waals surface area contributed by atoms with Gasteiger partial charge in [0.1, 0.15) is 19.3 Å². The summed E-state index contributed by atoms with van der Waals surface area (Å²) in [6.45, 7) is 14.1. The molecule has 5 atom stereocenters. The van der Waals surface area contributed by atoms with Crippen molar-refractivity contribution in [3.05, 3.63) is 0 Å². The highest BCUT2D eigenvalue weighted by atomic mass is 31.2. The Bertz CT molecular complexity index is 1880. The molecule has 96 heavy (non-hydrogen) atoms. The van der Waals surface area contributed by atoms with E-state index in [1.807, 2.05) is 0 Å². The Morgan fingerprint density at radius 2 is 0.438 bits per heavy atom. The van der Waals surface area contributed by atoms with Gasteiger partial charge in [0.05, 0.1) is 26.4 Å². The lowest BCUT2D eigenvalue weighted by Crippen LogP contribution is -2.30. The number of phosphoric acid groups is 2. The number of hydrogen-bond donors (Lipinski definition) is 3. The predicted molar refractivity (Wildman–Crippen MR) is 391 cm³/mol. The van der Waals surface area contributed by atoms with E-state index in [1.54, 1.807) is 0 Å². The van der Waals surface area contributed by atoms with Gasteiger partial charge in [0.25, 0.3) is 0 Å². The van der Waals surface area contributed by atoms with Crippen LogP contribution < -0.4 is 0 Å². The normalized spacial score (nSPS) is 14.1. The molecule has 0 aliphatic carbocycles. The van der Waals surface area contributed by atoms with Gasteiger partial charge in [-0.1, -0.05) is 338 Å². The van der Waals surface area contributed by atoms with Gasteiger partial charge in [0.15, 0.2) is 12.2 Å². The molecule has 0 rings (SSSR count). The summed E-state index contributed by atoms with van der Waals surface area (Å²) in [5.41, 5.74) is 0. The van der Waals surface area contributed by atoms with Crippen molar-refractivity contribution in [2.24, 2.45) is 23.7 Å². The van der Waals surface area contributed by atoms with Crippen LogP contribution in [-0.2, 0) is 65.4 Å². The number of aliphatic hydroxyl groups excluding tert-OH is 1. The van der Waals surface area contributed by atoms with Crippen LogP contribution in [-0.4, -0.2) is 96.7 Å². The molecule has 3 N–H and O–H groups in total. The molecule has 0 saturated carbocycles. The van der Waals surface area contributed by atoms with Crippen LogP contribution in [0.1, 0.15) is 389 Å². The smallest absolute Gasteiger partial charge is 0.462 e. The van der Waals surface area contributed by atoms with Gasteiger partial charge < -0.3 is 33.8 Å². The second-order valence-corrected chi connectivity index (χ2v) is 32.6. The molecule has 0 radical (unpaired) electrons. The third kappa shape index (κ3) is 70.5. The zero-order valence-corrected chi connectivity index (χ0v) is 64.8. The number of carbonyl (C=O) groups is 4. The summed E-state index contributed by atoms with van der Waals surface area (Å²) in [6, 6.07) is 0. The number of carbonyl (C=O) groups excluding carboxylic acids is 4. The van der Waals surface area contributed by atoms with Crippen molar-refractivity contribution in [1.29, 1.82) is 0 Å². The fourth-order valence-corrected chi connectivity index (χ4v) is 13.3. The Balaban J connectivity index is 5.17. The molecule has 0 aromatic carbocycles. The number of rotatable bonds is 74. The van der Waals surface area contributed by atoms with Crippen LogP contribution in [0.4, 0.5) is 0 Å². The van der Waals surface area contributed by atoms with Crippen LogP contribution in [0.3, 0.4) is 0 Å². The summed E-state index contributed by atoms with van der Waals surface area (Å²) in [5, 5.41) is 10.6. The summed E-state index contributed by atoms with van der Waals surface area (Å²) in [7, 11) is -9.91. The van der Waals surface area contributed by atoms with E-state index in [9.17, 15) is 43.2 Å². The van der Waals surface area contributed by atoms with Crippen molar-refractivity contribution >= 4 is 39.5 Å². The first-order valence-corrected chi connectivity index (χ1v) is 42.7. The number of phosphoric ester groups is 2. The lowest BCUT2D eigenvalue weighted by Gasteiger charge is -2.21. The van der Waals surface area contributed by atoms with E-state index in [0.717, 1.165) is 114 Å². The maximum atomic E-state index is 13.1. The van der Waals surface area contributed by atoms with Gasteiger partial charge >= 0.3 is 39.5 Å². The van der Waals surface area contributed by atoms with E-state index in [-0.39, 0.29) is 25.7 Å². The molecule has 0 aromatic rings. The van der Waals surface area contributed by atoms with Crippen molar-refractivity contribution in [3.63, 3.8) is 0 Å². The zero-order chi connectivity index (χ0) is 71.0. The van der Waals surface area contributed by atoms with Crippen LogP contribution in [0.5, 0.6) is 0 Å². The monoisotopic (exact) mass is 1410 g/mol. The van der Waals surface area contributed by atoms with Crippen molar-refractivity contribution in [1.82, 2.24) is 0 Å². The Labute approximate surface area is 588 Å². The molecule has 19 heteroatoms. The van der Waals surface area contributed by atoms with E-state index >= 15 is 0 Å². The van der Waals surface area contributed by atoms with Gasteiger partial charge in [0, 0.05) is 25.7 Å². The Morgan fingerprint density at radius 1 is 0.260 bits per heavy atom. The highest BCUT2D eigenvalue weighted by Gasteiger charge is 2.30. The van der Waals surface area contributed by atoms with Gasteiger partial charge in [-0.25, -0.2) is 9.13 Å². The SMILES string of the molecule is CC(C)CCCCCCCCCCCCCCCCCCCCC(=O)OC[C@H](COP(=O)(O)OC[C@@H](O)COP(=O)(O)OC[C@@H](COC(=O)CCCCCCCCC(C)C)OC(=O)CCCCCCCCCCCCCC(C)C)OC(=O)CCCCCCCCCCCC(C)C. The predicted octanol–water partition coefficient (Wildman–Crippen LogP) is 22.4. The average molecular weight is 1410 g/mol. The number of aliphatic hydroxyl groups is 1. The molecule has 0 aliphatic rings. The molecule has 0 spiro atoms. The maximum absolute atomic E-state index is 13.1. The molecule has 0 amide bonds. The summed E-state index contributed by atoms with van der Waals surface area (Å²) < 4.78 is 68.5. The van der Waals surface area contributed by atoms with Crippen LogP contribution in [0.15, 0.2) is 0 Å². The second-order valence-electron chi connectivity index (χ2n) is 29.7. The molecule has 0 aromatic heterocycles. The highest BCUT2D eigenvalue weighted by Crippen LogP contribution is 2.45. The minimum Gasteiger partial charge on any atom is -0.462 e. The highest BCUT2D eigenvalue weighted by molar-refractivity contribution is 7.47. The molecule has 17 nitrogen and oxygen atoms in total. The standard InChI is InChI=1S/C77H150O17P2/c1-67(2)53-45-37-29-23-18-15-13-11-9-10-12-14-16-20-26-32-41-49-57-74(79)87-63-72(93-77(82)60-52-44-34-28-22-25-31-39-47-55-69(5)6)65-91-95(83,84)89-61-71(78)62-90-96(85,86)92-66-73(64-88-75(80)58-50-42-36-35-40-48-56-70(7)8)94-76(81)59-51-43-33-27-21-17-19-24-30-38-46-54-68(3)4/h67-73,78H,9-66H2,1-8H3,(H,83,84)(H,85,86)/t71-,72-,73-/m1/s1. The molecule has 0 saturated heterocycles. The first-order chi connectivity index (χ1) is 46.1. The number of ether oxygens (including phenoxy) is 4. The van der Waals surface area contributed by atoms with E-state index in [1.165, 1.54) is 186 Å². The lowest BCUT2D eigenvalue weighted by molar-refractivity contribution is -0.161. The quantitative estimate of drug-likeness (QED) is 0.0222. The van der Waals surface area contributed by atoms with Gasteiger partial charge in [-0.15, -0.1) is 0 Å². The largest absolute Gasteiger partial charge is 0.472 e. The molecule has 570 valence electrons. The van der Waals surface area contributed by atoms with Gasteiger partial charge in [-0.2, -0.15) is 0 Å². The molecule has 0 bridgehead atoms.